The first-order valence-electron chi connectivity index (χ1n) is 5.00. The van der Waals surface area contributed by atoms with Crippen molar-refractivity contribution in [3.8, 4) is 0 Å². The monoisotopic (exact) mass is 260 g/mol. The van der Waals surface area contributed by atoms with Gasteiger partial charge < -0.3 is 10.2 Å². The molecule has 2 nitrogen and oxygen atoms in total. The summed E-state index contributed by atoms with van der Waals surface area (Å²) in [5.74, 6) is -1.64. The average Bonchev–Trinajstić information content (AvgIpc) is 2.93. The molecular weight excluding hydrogens is 244 g/mol. The first-order valence-corrected chi connectivity index (χ1v) is 5.00. The minimum Gasteiger partial charge on any atom is -0.364 e. The molecule has 0 heterocycles. The van der Waals surface area contributed by atoms with Gasteiger partial charge >= 0.3 is 17.1 Å². The number of aliphatic hydroxyl groups is 2. The second kappa shape index (κ2) is 7.42. The second-order valence-electron chi connectivity index (χ2n) is 3.31. The van der Waals surface area contributed by atoms with Crippen LogP contribution >= 0.6 is 0 Å². The Hall–Kier alpha value is -0.861. The Labute approximate surface area is 107 Å². The van der Waals surface area contributed by atoms with Crippen molar-refractivity contribution in [3.05, 3.63) is 60.2 Å². The van der Waals surface area contributed by atoms with Crippen LogP contribution in [0.1, 0.15) is 18.9 Å². The second-order valence-corrected chi connectivity index (χ2v) is 3.31. The van der Waals surface area contributed by atoms with Gasteiger partial charge in [-0.25, -0.2) is 24.3 Å². The van der Waals surface area contributed by atoms with E-state index in [1.54, 1.807) is 31.2 Å². The van der Waals surface area contributed by atoms with Gasteiger partial charge in [-0.15, -0.1) is 5.56 Å². The van der Waals surface area contributed by atoms with Crippen molar-refractivity contribution in [2.45, 2.75) is 19.1 Å². The van der Waals surface area contributed by atoms with E-state index in [0.717, 1.165) is 0 Å². The Balaban J connectivity index is 0.000000318. The van der Waals surface area contributed by atoms with Crippen LogP contribution in [0.3, 0.4) is 0 Å². The molecule has 0 unspecified atom stereocenters. The number of hydrogen-bond acceptors (Lipinski definition) is 2. The van der Waals surface area contributed by atoms with E-state index in [-0.39, 0.29) is 17.1 Å². The maximum atomic E-state index is 9.24. The minimum absolute atomic E-state index is 0. The molecule has 2 aromatic rings. The molecule has 0 radical (unpaired) electrons. The molecule has 0 aliphatic rings. The van der Waals surface area contributed by atoms with Gasteiger partial charge in [0.25, 0.3) is 0 Å². The van der Waals surface area contributed by atoms with Gasteiger partial charge in [-0.1, -0.05) is 6.92 Å². The summed E-state index contributed by atoms with van der Waals surface area (Å²) in [5, 5.41) is 18.5. The number of hydrogen-bond donors (Lipinski definition) is 2. The van der Waals surface area contributed by atoms with Gasteiger partial charge in [0.2, 0.25) is 0 Å². The number of rotatable bonds is 2. The third-order valence-corrected chi connectivity index (χ3v) is 2.17. The summed E-state index contributed by atoms with van der Waals surface area (Å²) in [7, 11) is 0. The van der Waals surface area contributed by atoms with Crippen LogP contribution in [0.5, 0.6) is 0 Å². The zero-order valence-electron chi connectivity index (χ0n) is 9.15. The molecule has 2 aromatic carbocycles. The molecule has 0 saturated heterocycles. The standard InChI is InChI=1S/C8H11O2.C5H5.Fe/c1-2-8(9,10)7-5-3-4-6-7;1-2-4-5-3-1;/h3-6,9-10H,2H2,1H3;1-5H;/q2*-1;+2. The average molecular weight is 260 g/mol. The Morgan fingerprint density at radius 1 is 1.12 bits per heavy atom. The normalized spacial score (nSPS) is 9.94. The van der Waals surface area contributed by atoms with Crippen LogP contribution in [0.2, 0.25) is 0 Å². The van der Waals surface area contributed by atoms with Crippen molar-refractivity contribution in [2.75, 3.05) is 0 Å². The van der Waals surface area contributed by atoms with Crippen molar-refractivity contribution < 1.29 is 27.3 Å². The molecule has 0 amide bonds. The minimum atomic E-state index is -1.64. The van der Waals surface area contributed by atoms with Crippen LogP contribution in [0.15, 0.2) is 54.6 Å². The summed E-state index contributed by atoms with van der Waals surface area (Å²) in [6.07, 6.45) is 0.316. The fourth-order valence-corrected chi connectivity index (χ4v) is 1.17. The van der Waals surface area contributed by atoms with Crippen LogP contribution in [-0.2, 0) is 22.9 Å². The molecule has 0 atom stereocenters. The summed E-state index contributed by atoms with van der Waals surface area (Å²) >= 11 is 0. The van der Waals surface area contributed by atoms with Gasteiger partial charge in [0.15, 0.2) is 5.79 Å². The Morgan fingerprint density at radius 3 is 2.06 bits per heavy atom. The van der Waals surface area contributed by atoms with E-state index in [1.807, 2.05) is 30.3 Å². The molecule has 0 saturated carbocycles. The van der Waals surface area contributed by atoms with Crippen LogP contribution in [0, 0.1) is 0 Å². The predicted octanol–water partition coefficient (Wildman–Crippen LogP) is 2.36. The zero-order chi connectivity index (χ0) is 11.1. The van der Waals surface area contributed by atoms with Crippen molar-refractivity contribution >= 4 is 0 Å². The molecular formula is C13H16FeO2. The molecule has 0 aliphatic heterocycles. The molecule has 0 aromatic heterocycles. The molecule has 0 bridgehead atoms. The van der Waals surface area contributed by atoms with Crippen molar-refractivity contribution in [1.29, 1.82) is 0 Å². The summed E-state index contributed by atoms with van der Waals surface area (Å²) in [5.41, 5.74) is 0.565. The van der Waals surface area contributed by atoms with E-state index in [9.17, 15) is 10.2 Å². The van der Waals surface area contributed by atoms with Crippen LogP contribution < -0.4 is 0 Å². The Morgan fingerprint density at radius 2 is 1.75 bits per heavy atom. The van der Waals surface area contributed by atoms with Crippen LogP contribution in [0.25, 0.3) is 0 Å². The fraction of sp³-hybridized carbons (Fsp3) is 0.231. The Kier molecular flexibility index (Phi) is 7.02. The van der Waals surface area contributed by atoms with Crippen LogP contribution in [-0.4, -0.2) is 10.2 Å². The molecule has 0 aliphatic carbocycles. The van der Waals surface area contributed by atoms with E-state index < -0.39 is 5.79 Å². The van der Waals surface area contributed by atoms with E-state index in [2.05, 4.69) is 0 Å². The predicted molar refractivity (Wildman–Crippen MR) is 60.5 cm³/mol. The van der Waals surface area contributed by atoms with Crippen molar-refractivity contribution in [2.24, 2.45) is 0 Å². The molecule has 3 heteroatoms. The van der Waals surface area contributed by atoms with Gasteiger partial charge in [-0.3, -0.25) is 0 Å². The third-order valence-electron chi connectivity index (χ3n) is 2.17. The fourth-order valence-electron chi connectivity index (χ4n) is 1.17. The van der Waals surface area contributed by atoms with Gasteiger partial charge in [0.1, 0.15) is 0 Å². The summed E-state index contributed by atoms with van der Waals surface area (Å²) < 4.78 is 0. The van der Waals surface area contributed by atoms with Crippen LogP contribution in [0.4, 0.5) is 0 Å². The van der Waals surface area contributed by atoms with Crippen molar-refractivity contribution in [3.63, 3.8) is 0 Å². The van der Waals surface area contributed by atoms with Gasteiger partial charge in [-0.05, 0) is 0 Å². The quantitative estimate of drug-likeness (QED) is 0.494. The Bertz CT molecular complexity index is 319. The molecule has 0 fully saturated rings. The first-order chi connectivity index (χ1) is 7.17. The molecule has 0 spiro atoms. The SMILES string of the molecule is CCC(O)(O)c1ccc[cH-]1.[Fe+2].c1cc[cH-]c1. The van der Waals surface area contributed by atoms with E-state index >= 15 is 0 Å². The largest absolute Gasteiger partial charge is 2.00 e. The summed E-state index contributed by atoms with van der Waals surface area (Å²) in [6.45, 7) is 1.73. The molecule has 2 rings (SSSR count). The van der Waals surface area contributed by atoms with E-state index in [0.29, 0.717) is 12.0 Å². The summed E-state index contributed by atoms with van der Waals surface area (Å²) in [4.78, 5) is 0. The van der Waals surface area contributed by atoms with Crippen molar-refractivity contribution in [1.82, 2.24) is 0 Å². The topological polar surface area (TPSA) is 40.5 Å². The smallest absolute Gasteiger partial charge is 0.364 e. The molecule has 2 N–H and O–H groups in total. The van der Waals surface area contributed by atoms with Gasteiger partial charge in [-0.2, -0.15) is 30.3 Å². The summed E-state index contributed by atoms with van der Waals surface area (Å²) in [6, 6.07) is 17.0. The third kappa shape index (κ3) is 4.77. The van der Waals surface area contributed by atoms with E-state index in [4.69, 9.17) is 0 Å². The van der Waals surface area contributed by atoms with Gasteiger partial charge in [0.05, 0.1) is 0 Å². The molecule has 88 valence electrons. The maximum Gasteiger partial charge on any atom is 2.00 e. The molecule has 16 heavy (non-hydrogen) atoms. The first kappa shape index (κ1) is 15.1. The van der Waals surface area contributed by atoms with E-state index in [1.165, 1.54) is 0 Å². The zero-order valence-corrected chi connectivity index (χ0v) is 10.3. The maximum absolute atomic E-state index is 9.24. The van der Waals surface area contributed by atoms with Gasteiger partial charge in [0, 0.05) is 6.42 Å².